The molecule has 6 rings (SSSR count). The second-order valence-corrected chi connectivity index (χ2v) is 11.3. The van der Waals surface area contributed by atoms with E-state index in [1.165, 1.54) is 11.0 Å². The molecule has 43 heavy (non-hydrogen) atoms. The Bertz CT molecular complexity index is 1650. The highest BCUT2D eigenvalue weighted by Crippen LogP contribution is 2.34. The minimum Gasteiger partial charge on any atom is -0.488 e. The molecule has 11 heteroatoms. The van der Waals surface area contributed by atoms with E-state index in [9.17, 15) is 14.4 Å². The molecule has 0 saturated carbocycles. The van der Waals surface area contributed by atoms with E-state index in [0.717, 1.165) is 37.4 Å². The van der Waals surface area contributed by atoms with Crippen LogP contribution in [0.25, 0.3) is 4.85 Å². The molecule has 3 aliphatic heterocycles. The van der Waals surface area contributed by atoms with E-state index < -0.39 is 11.9 Å². The van der Waals surface area contributed by atoms with Crippen molar-refractivity contribution in [3.63, 3.8) is 0 Å². The van der Waals surface area contributed by atoms with Crippen LogP contribution in [0.4, 0.5) is 15.8 Å². The molecule has 0 radical (unpaired) electrons. The number of benzene rings is 3. The predicted octanol–water partition coefficient (Wildman–Crippen LogP) is 4.69. The van der Waals surface area contributed by atoms with E-state index in [1.54, 1.807) is 30.3 Å². The first-order chi connectivity index (χ1) is 20.8. The molecule has 1 N–H and O–H groups in total. The minimum absolute atomic E-state index is 0.0112. The largest absolute Gasteiger partial charge is 0.488 e. The van der Waals surface area contributed by atoms with Crippen molar-refractivity contribution in [3.8, 4) is 5.75 Å². The first-order valence-electron chi connectivity index (χ1n) is 14.1. The van der Waals surface area contributed by atoms with E-state index >= 15 is 4.39 Å². The number of piperidine rings is 1. The fourth-order valence-electron chi connectivity index (χ4n) is 5.86. The van der Waals surface area contributed by atoms with E-state index in [2.05, 4.69) is 20.0 Å². The molecule has 2 saturated heterocycles. The SMILES string of the molecule is [C-]#[N+]c1ccc(N2CCN(Cc3ccc(COc4cccc5c4CN([C@H]4CCC(=O)NC4=O)C5=O)c(F)c3)CC2)cc1Cl. The van der Waals surface area contributed by atoms with Gasteiger partial charge in [0.2, 0.25) is 17.5 Å². The molecular weight excluding hydrogens is 573 g/mol. The fraction of sp³-hybridized carbons (Fsp3) is 0.312. The van der Waals surface area contributed by atoms with Gasteiger partial charge in [-0.3, -0.25) is 24.6 Å². The monoisotopic (exact) mass is 601 g/mol. The molecule has 3 aliphatic rings. The van der Waals surface area contributed by atoms with Gasteiger partial charge in [0.05, 0.1) is 13.1 Å². The molecule has 9 nitrogen and oxygen atoms in total. The van der Waals surface area contributed by atoms with Crippen molar-refractivity contribution in [3.05, 3.63) is 99.1 Å². The third-order valence-electron chi connectivity index (χ3n) is 8.24. The molecule has 3 aromatic carbocycles. The van der Waals surface area contributed by atoms with Gasteiger partial charge >= 0.3 is 0 Å². The number of piperazine rings is 1. The van der Waals surface area contributed by atoms with Crippen molar-refractivity contribution < 1.29 is 23.5 Å². The van der Waals surface area contributed by atoms with Gasteiger partial charge in [-0.25, -0.2) is 9.24 Å². The highest BCUT2D eigenvalue weighted by molar-refractivity contribution is 6.33. The van der Waals surface area contributed by atoms with Gasteiger partial charge in [-0.15, -0.1) is 0 Å². The fourth-order valence-corrected chi connectivity index (χ4v) is 6.08. The first-order valence-corrected chi connectivity index (χ1v) is 14.5. The van der Waals surface area contributed by atoms with Gasteiger partial charge in [0.1, 0.15) is 24.2 Å². The molecule has 220 valence electrons. The smallest absolute Gasteiger partial charge is 0.255 e. The summed E-state index contributed by atoms with van der Waals surface area (Å²) in [6.45, 7) is 11.2. The lowest BCUT2D eigenvalue weighted by Crippen LogP contribution is -2.52. The second-order valence-electron chi connectivity index (χ2n) is 10.9. The Kier molecular flexibility index (Phi) is 8.02. The molecule has 0 unspecified atom stereocenters. The number of ether oxygens (including phenoxy) is 1. The first kappa shape index (κ1) is 28.6. The van der Waals surface area contributed by atoms with Gasteiger partial charge < -0.3 is 14.5 Å². The van der Waals surface area contributed by atoms with E-state index in [0.29, 0.717) is 39.7 Å². The van der Waals surface area contributed by atoms with Crippen molar-refractivity contribution in [2.45, 2.75) is 38.6 Å². The van der Waals surface area contributed by atoms with Crippen molar-refractivity contribution in [1.29, 1.82) is 0 Å². The van der Waals surface area contributed by atoms with Crippen LogP contribution in [0.3, 0.4) is 0 Å². The number of anilines is 1. The number of carbonyl (C=O) groups is 3. The summed E-state index contributed by atoms with van der Waals surface area (Å²) in [6.07, 6.45) is 0.459. The second kappa shape index (κ2) is 12.0. The normalized spacial score (nSPS) is 18.8. The average molecular weight is 602 g/mol. The number of rotatable bonds is 7. The summed E-state index contributed by atoms with van der Waals surface area (Å²) in [5.74, 6) is -0.989. The van der Waals surface area contributed by atoms with Crippen molar-refractivity contribution in [1.82, 2.24) is 15.1 Å². The molecule has 0 spiro atoms. The highest BCUT2D eigenvalue weighted by Gasteiger charge is 2.40. The lowest BCUT2D eigenvalue weighted by Gasteiger charge is -2.36. The van der Waals surface area contributed by atoms with Crippen LogP contribution in [0.2, 0.25) is 5.02 Å². The van der Waals surface area contributed by atoms with Gasteiger partial charge in [0.15, 0.2) is 0 Å². The third kappa shape index (κ3) is 5.91. The van der Waals surface area contributed by atoms with Crippen LogP contribution >= 0.6 is 11.6 Å². The molecule has 3 heterocycles. The van der Waals surface area contributed by atoms with Crippen LogP contribution in [0.5, 0.6) is 5.75 Å². The number of nitrogens with one attached hydrogen (secondary N) is 1. The topological polar surface area (TPSA) is 86.6 Å². The van der Waals surface area contributed by atoms with Gasteiger partial charge in [-0.05, 0) is 42.3 Å². The Balaban J connectivity index is 1.05. The van der Waals surface area contributed by atoms with Crippen LogP contribution in [-0.2, 0) is 29.3 Å². The Morgan fingerprint density at radius 2 is 1.86 bits per heavy atom. The van der Waals surface area contributed by atoms with E-state index in [1.807, 2.05) is 18.2 Å². The summed E-state index contributed by atoms with van der Waals surface area (Å²) in [6, 6.07) is 15.1. The summed E-state index contributed by atoms with van der Waals surface area (Å²) < 4.78 is 21.1. The number of hydrogen-bond donors (Lipinski definition) is 1. The number of hydrogen-bond acceptors (Lipinski definition) is 6. The zero-order valence-electron chi connectivity index (χ0n) is 23.3. The van der Waals surface area contributed by atoms with Crippen LogP contribution in [-0.4, -0.2) is 59.7 Å². The maximum absolute atomic E-state index is 15.1. The maximum Gasteiger partial charge on any atom is 0.255 e. The zero-order valence-corrected chi connectivity index (χ0v) is 24.1. The van der Waals surface area contributed by atoms with E-state index in [-0.39, 0.29) is 43.6 Å². The molecule has 2 fully saturated rings. The van der Waals surface area contributed by atoms with Gasteiger partial charge in [-0.2, -0.15) is 0 Å². The van der Waals surface area contributed by atoms with Gasteiger partial charge in [-0.1, -0.05) is 35.9 Å². The summed E-state index contributed by atoms with van der Waals surface area (Å²) in [5, 5.41) is 2.76. The molecule has 1 atom stereocenters. The Morgan fingerprint density at radius 3 is 2.58 bits per heavy atom. The van der Waals surface area contributed by atoms with E-state index in [4.69, 9.17) is 22.9 Å². The quantitative estimate of drug-likeness (QED) is 0.312. The zero-order chi connectivity index (χ0) is 30.1. The standard InChI is InChI=1S/C32H29ClFN5O4/c1-35-27-8-7-22(16-25(27)33)38-13-11-37(12-14-38)17-20-5-6-21(26(34)15-20)19-43-29-4-2-3-23-24(29)18-39(32(23)42)28-9-10-30(40)36-31(28)41/h2-8,15-16,28H,9-14,17-19H2,(H,36,40,41)/t28-/m0/s1. The average Bonchev–Trinajstić information content (AvgIpc) is 3.33. The number of nitrogens with zero attached hydrogens (tertiary/aromatic N) is 4. The number of imide groups is 1. The van der Waals surface area contributed by atoms with Crippen LogP contribution < -0.4 is 15.0 Å². The minimum atomic E-state index is -0.714. The van der Waals surface area contributed by atoms with Crippen molar-refractivity contribution in [2.75, 3.05) is 31.1 Å². The lowest BCUT2D eigenvalue weighted by atomic mass is 10.0. The third-order valence-corrected chi connectivity index (χ3v) is 8.54. The Labute approximate surface area is 253 Å². The van der Waals surface area contributed by atoms with Crippen molar-refractivity contribution in [2.24, 2.45) is 0 Å². The van der Waals surface area contributed by atoms with Crippen molar-refractivity contribution >= 4 is 40.7 Å². The van der Waals surface area contributed by atoms with Crippen LogP contribution in [0, 0.1) is 12.4 Å². The highest BCUT2D eigenvalue weighted by atomic mass is 35.5. The number of amides is 3. The molecule has 0 bridgehead atoms. The maximum atomic E-state index is 15.1. The van der Waals surface area contributed by atoms with Gasteiger partial charge in [0.25, 0.3) is 5.91 Å². The number of carbonyl (C=O) groups excluding carboxylic acids is 3. The summed E-state index contributed by atoms with van der Waals surface area (Å²) in [5.41, 5.74) is 3.80. The van der Waals surface area contributed by atoms with Gasteiger partial charge in [0, 0.05) is 66.5 Å². The Hall–Kier alpha value is -4.46. The summed E-state index contributed by atoms with van der Waals surface area (Å²) >= 11 is 6.21. The summed E-state index contributed by atoms with van der Waals surface area (Å²) in [7, 11) is 0. The molecule has 3 amide bonds. The lowest BCUT2D eigenvalue weighted by molar-refractivity contribution is -0.136. The Morgan fingerprint density at radius 1 is 1.05 bits per heavy atom. The number of halogens is 2. The molecule has 3 aromatic rings. The van der Waals surface area contributed by atoms with Crippen LogP contribution in [0.1, 0.15) is 39.9 Å². The molecule has 0 aliphatic carbocycles. The number of fused-ring (bicyclic) bond motifs is 1. The predicted molar refractivity (Wildman–Crippen MR) is 158 cm³/mol. The molecule has 0 aromatic heterocycles. The molecular formula is C32H29ClFN5O4. The van der Waals surface area contributed by atoms with Crippen LogP contribution in [0.15, 0.2) is 54.6 Å². The summed E-state index contributed by atoms with van der Waals surface area (Å²) in [4.78, 5) is 46.3.